The fourth-order valence-corrected chi connectivity index (χ4v) is 3.50. The molecule has 3 aromatic rings. The molecule has 1 atom stereocenters. The second-order valence-electron chi connectivity index (χ2n) is 5.77. The van der Waals surface area contributed by atoms with Crippen molar-refractivity contribution in [3.05, 3.63) is 50.1 Å². The number of nitrogens with two attached hydrogens (primary N) is 1. The summed E-state index contributed by atoms with van der Waals surface area (Å²) in [5, 5.41) is 10.8. The molecule has 26 heavy (non-hydrogen) atoms. The predicted molar refractivity (Wildman–Crippen MR) is 94.5 cm³/mol. The van der Waals surface area contributed by atoms with E-state index in [1.807, 2.05) is 0 Å². The molecule has 0 saturated carbocycles. The molecule has 1 aromatic carbocycles. The third-order valence-electron chi connectivity index (χ3n) is 3.99. The molecule has 2 aromatic heterocycles. The Morgan fingerprint density at radius 3 is 2.69 bits per heavy atom. The molecule has 0 bridgehead atoms. The van der Waals surface area contributed by atoms with Crippen molar-refractivity contribution in [1.82, 2.24) is 9.55 Å². The van der Waals surface area contributed by atoms with Gasteiger partial charge in [0, 0.05) is 18.1 Å². The zero-order chi connectivity index (χ0) is 19.2. The number of thiazole rings is 1. The van der Waals surface area contributed by atoms with E-state index in [9.17, 15) is 14.0 Å². The van der Waals surface area contributed by atoms with Gasteiger partial charge in [0.05, 0.1) is 28.2 Å². The molecule has 0 amide bonds. The Kier molecular flexibility index (Phi) is 4.59. The van der Waals surface area contributed by atoms with Crippen LogP contribution in [-0.4, -0.2) is 20.6 Å². The van der Waals surface area contributed by atoms with Crippen LogP contribution < -0.4 is 11.2 Å². The second-order valence-corrected chi connectivity index (χ2v) is 6.66. The van der Waals surface area contributed by atoms with Crippen LogP contribution in [0.3, 0.4) is 0 Å². The number of hydrogen-bond donors (Lipinski definition) is 2. The molecule has 3 rings (SSSR count). The molecule has 0 aliphatic rings. The van der Waals surface area contributed by atoms with Crippen molar-refractivity contribution in [2.75, 3.05) is 0 Å². The Balaban J connectivity index is 2.39. The highest BCUT2D eigenvalue weighted by atomic mass is 32.1. The van der Waals surface area contributed by atoms with E-state index in [2.05, 4.69) is 4.98 Å². The number of aromatic nitrogens is 2. The lowest BCUT2D eigenvalue weighted by Crippen LogP contribution is -2.20. The van der Waals surface area contributed by atoms with Crippen molar-refractivity contribution in [2.45, 2.75) is 26.4 Å². The van der Waals surface area contributed by atoms with Crippen molar-refractivity contribution in [2.24, 2.45) is 5.73 Å². The molecule has 0 radical (unpaired) electrons. The SMILES string of the molecule is CCn1cc(C(=O)O)c(=O)c2cc(F)c(-c3csc(C(C)N)n3)c(F)c21. The number of hydrogen-bond acceptors (Lipinski definition) is 5. The van der Waals surface area contributed by atoms with Gasteiger partial charge in [0.25, 0.3) is 0 Å². The van der Waals surface area contributed by atoms with Crippen molar-refractivity contribution in [1.29, 1.82) is 0 Å². The monoisotopic (exact) mass is 379 g/mol. The van der Waals surface area contributed by atoms with Crippen molar-refractivity contribution >= 4 is 28.2 Å². The van der Waals surface area contributed by atoms with Crippen LogP contribution >= 0.6 is 11.3 Å². The zero-order valence-electron chi connectivity index (χ0n) is 13.9. The van der Waals surface area contributed by atoms with Gasteiger partial charge in [0.2, 0.25) is 5.43 Å². The Morgan fingerprint density at radius 2 is 2.15 bits per heavy atom. The van der Waals surface area contributed by atoms with Crippen LogP contribution in [0.2, 0.25) is 0 Å². The van der Waals surface area contributed by atoms with Gasteiger partial charge in [0.15, 0.2) is 5.82 Å². The molecule has 0 aliphatic heterocycles. The van der Waals surface area contributed by atoms with Gasteiger partial charge in [-0.05, 0) is 19.9 Å². The Bertz CT molecular complexity index is 1090. The first kappa shape index (κ1) is 18.2. The minimum absolute atomic E-state index is 0.0802. The van der Waals surface area contributed by atoms with E-state index in [4.69, 9.17) is 10.8 Å². The third-order valence-corrected chi connectivity index (χ3v) is 5.04. The average molecular weight is 379 g/mol. The van der Waals surface area contributed by atoms with Gasteiger partial charge in [-0.15, -0.1) is 11.3 Å². The first-order chi connectivity index (χ1) is 12.3. The molecule has 6 nitrogen and oxygen atoms in total. The van der Waals surface area contributed by atoms with Crippen LogP contribution in [0.15, 0.2) is 22.4 Å². The number of carbonyl (C=O) groups is 1. The minimum Gasteiger partial charge on any atom is -0.477 e. The van der Waals surface area contributed by atoms with Crippen LogP contribution in [-0.2, 0) is 6.54 Å². The van der Waals surface area contributed by atoms with E-state index in [0.717, 1.165) is 12.3 Å². The maximum Gasteiger partial charge on any atom is 0.341 e. The first-order valence-corrected chi connectivity index (χ1v) is 8.64. The average Bonchev–Trinajstić information content (AvgIpc) is 3.05. The molecule has 0 saturated heterocycles. The molecule has 9 heteroatoms. The summed E-state index contributed by atoms with van der Waals surface area (Å²) >= 11 is 1.18. The molecular weight excluding hydrogens is 364 g/mol. The molecule has 2 heterocycles. The quantitative estimate of drug-likeness (QED) is 0.726. The van der Waals surface area contributed by atoms with E-state index in [-0.39, 0.29) is 34.7 Å². The maximum absolute atomic E-state index is 15.2. The number of aryl methyl sites for hydroxylation is 1. The van der Waals surface area contributed by atoms with E-state index in [1.54, 1.807) is 13.8 Å². The summed E-state index contributed by atoms with van der Waals surface area (Å²) in [7, 11) is 0. The number of nitrogens with zero attached hydrogens (tertiary/aromatic N) is 2. The number of halogens is 2. The standard InChI is InChI=1S/C17H15F2N3O3S/c1-3-22-5-9(17(24)25)15(23)8-4-10(18)12(13(19)14(8)22)11-6-26-16(21-11)7(2)20/h4-7H,3,20H2,1-2H3,(H,24,25). The topological polar surface area (TPSA) is 98.2 Å². The van der Waals surface area contributed by atoms with Gasteiger partial charge in [-0.2, -0.15) is 0 Å². The van der Waals surface area contributed by atoms with Gasteiger partial charge >= 0.3 is 5.97 Å². The van der Waals surface area contributed by atoms with Crippen molar-refractivity contribution in [3.63, 3.8) is 0 Å². The third kappa shape index (κ3) is 2.78. The number of rotatable bonds is 4. The highest BCUT2D eigenvalue weighted by Crippen LogP contribution is 2.32. The van der Waals surface area contributed by atoms with Crippen LogP contribution in [0.5, 0.6) is 0 Å². The van der Waals surface area contributed by atoms with Gasteiger partial charge in [-0.1, -0.05) is 0 Å². The molecule has 0 fully saturated rings. The van der Waals surface area contributed by atoms with E-state index in [1.165, 1.54) is 21.3 Å². The summed E-state index contributed by atoms with van der Waals surface area (Å²) in [6.45, 7) is 3.56. The number of benzene rings is 1. The van der Waals surface area contributed by atoms with E-state index in [0.29, 0.717) is 5.01 Å². The van der Waals surface area contributed by atoms with Crippen molar-refractivity contribution in [3.8, 4) is 11.3 Å². The van der Waals surface area contributed by atoms with Gasteiger partial charge in [0.1, 0.15) is 16.4 Å². The number of aromatic carboxylic acids is 1. The maximum atomic E-state index is 15.2. The van der Waals surface area contributed by atoms with Crippen molar-refractivity contribution < 1.29 is 18.7 Å². The van der Waals surface area contributed by atoms with Gasteiger partial charge in [-0.25, -0.2) is 18.6 Å². The minimum atomic E-state index is -1.45. The first-order valence-electron chi connectivity index (χ1n) is 7.76. The molecule has 3 N–H and O–H groups in total. The fraction of sp³-hybridized carbons (Fsp3) is 0.235. The second kappa shape index (κ2) is 6.58. The Hall–Kier alpha value is -2.65. The Morgan fingerprint density at radius 1 is 1.46 bits per heavy atom. The number of fused-ring (bicyclic) bond motifs is 1. The smallest absolute Gasteiger partial charge is 0.341 e. The summed E-state index contributed by atoms with van der Waals surface area (Å²) in [6.07, 6.45) is 1.06. The molecule has 0 spiro atoms. The summed E-state index contributed by atoms with van der Waals surface area (Å²) in [5.41, 5.74) is 3.82. The fourth-order valence-electron chi connectivity index (χ4n) is 2.73. The van der Waals surface area contributed by atoms with E-state index >= 15 is 4.39 Å². The summed E-state index contributed by atoms with van der Waals surface area (Å²) < 4.78 is 31.1. The predicted octanol–water partition coefficient (Wildman–Crippen LogP) is 3.14. The van der Waals surface area contributed by atoms with E-state index < -0.39 is 28.6 Å². The zero-order valence-corrected chi connectivity index (χ0v) is 14.7. The van der Waals surface area contributed by atoms with Crippen LogP contribution in [0, 0.1) is 11.6 Å². The normalized spacial score (nSPS) is 12.5. The number of pyridine rings is 1. The molecular formula is C17H15F2N3O3S. The number of carboxylic acids is 1. The van der Waals surface area contributed by atoms with Crippen LogP contribution in [0.4, 0.5) is 8.78 Å². The number of carboxylic acid groups (broad SMARTS) is 1. The highest BCUT2D eigenvalue weighted by Gasteiger charge is 2.24. The largest absolute Gasteiger partial charge is 0.477 e. The lowest BCUT2D eigenvalue weighted by molar-refractivity contribution is 0.0695. The molecule has 0 aliphatic carbocycles. The lowest BCUT2D eigenvalue weighted by atomic mass is 10.0. The highest BCUT2D eigenvalue weighted by molar-refractivity contribution is 7.10. The van der Waals surface area contributed by atoms with Crippen LogP contribution in [0.25, 0.3) is 22.2 Å². The summed E-state index contributed by atoms with van der Waals surface area (Å²) in [5.74, 6) is -3.40. The molecule has 136 valence electrons. The summed E-state index contributed by atoms with van der Waals surface area (Å²) in [6, 6.07) is 0.479. The lowest BCUT2D eigenvalue weighted by Gasteiger charge is -2.13. The molecule has 1 unspecified atom stereocenters. The summed E-state index contributed by atoms with van der Waals surface area (Å²) in [4.78, 5) is 27.7. The van der Waals surface area contributed by atoms with Crippen LogP contribution in [0.1, 0.15) is 35.3 Å². The van der Waals surface area contributed by atoms with Gasteiger partial charge in [-0.3, -0.25) is 4.79 Å². The Labute approximate surface area is 150 Å². The van der Waals surface area contributed by atoms with Gasteiger partial charge < -0.3 is 15.4 Å².